The molecule has 0 amide bonds. The van der Waals surface area contributed by atoms with Crippen molar-refractivity contribution in [2.45, 2.75) is 13.8 Å². The van der Waals surface area contributed by atoms with E-state index in [0.29, 0.717) is 22.4 Å². The van der Waals surface area contributed by atoms with E-state index < -0.39 is 0 Å². The van der Waals surface area contributed by atoms with E-state index >= 15 is 0 Å². The van der Waals surface area contributed by atoms with Gasteiger partial charge in [0.2, 0.25) is 0 Å². The fourth-order valence-corrected chi connectivity index (χ4v) is 1.53. The highest BCUT2D eigenvalue weighted by molar-refractivity contribution is 7.80. The molecule has 0 aliphatic carbocycles. The molecule has 1 aromatic carbocycles. The first-order chi connectivity index (χ1) is 6.96. The predicted octanol–water partition coefficient (Wildman–Crippen LogP) is 4.33. The summed E-state index contributed by atoms with van der Waals surface area (Å²) in [4.78, 5) is 0. The quantitative estimate of drug-likeness (QED) is 0.797. The zero-order chi connectivity index (χ0) is 11.5. The SMILES string of the molecule is CC(C)(CS)COc1c(Cl)cccc1Cl. The monoisotopic (exact) mass is 264 g/mol. The van der Waals surface area contributed by atoms with Crippen LogP contribution in [0.1, 0.15) is 13.8 Å². The highest BCUT2D eigenvalue weighted by Gasteiger charge is 2.18. The van der Waals surface area contributed by atoms with Gasteiger partial charge in [0, 0.05) is 5.41 Å². The lowest BCUT2D eigenvalue weighted by Gasteiger charge is -2.22. The predicted molar refractivity (Wildman–Crippen MR) is 69.6 cm³/mol. The van der Waals surface area contributed by atoms with Crippen molar-refractivity contribution in [2.75, 3.05) is 12.4 Å². The van der Waals surface area contributed by atoms with Crippen molar-refractivity contribution in [3.05, 3.63) is 28.2 Å². The van der Waals surface area contributed by atoms with E-state index in [9.17, 15) is 0 Å². The van der Waals surface area contributed by atoms with Crippen LogP contribution in [0.25, 0.3) is 0 Å². The molecule has 1 aromatic rings. The van der Waals surface area contributed by atoms with Crippen molar-refractivity contribution in [1.82, 2.24) is 0 Å². The van der Waals surface area contributed by atoms with Crippen LogP contribution in [0.3, 0.4) is 0 Å². The Hall–Kier alpha value is -0.0500. The van der Waals surface area contributed by atoms with E-state index in [1.54, 1.807) is 18.2 Å². The van der Waals surface area contributed by atoms with Gasteiger partial charge in [-0.15, -0.1) is 0 Å². The molecule has 84 valence electrons. The summed E-state index contributed by atoms with van der Waals surface area (Å²) in [7, 11) is 0. The van der Waals surface area contributed by atoms with Gasteiger partial charge >= 0.3 is 0 Å². The molecule has 0 aliphatic rings. The van der Waals surface area contributed by atoms with Crippen molar-refractivity contribution in [1.29, 1.82) is 0 Å². The van der Waals surface area contributed by atoms with Crippen molar-refractivity contribution >= 4 is 35.8 Å². The third-order valence-corrected chi connectivity index (χ3v) is 3.41. The van der Waals surface area contributed by atoms with Crippen LogP contribution in [0.5, 0.6) is 5.75 Å². The van der Waals surface area contributed by atoms with Crippen LogP contribution < -0.4 is 4.74 Å². The summed E-state index contributed by atoms with van der Waals surface area (Å²) in [5.74, 6) is 1.30. The fourth-order valence-electron chi connectivity index (χ4n) is 0.934. The molecule has 0 atom stereocenters. The highest BCUT2D eigenvalue weighted by Crippen LogP contribution is 2.33. The number of rotatable bonds is 4. The number of hydrogen-bond acceptors (Lipinski definition) is 2. The van der Waals surface area contributed by atoms with Gasteiger partial charge in [0.05, 0.1) is 16.7 Å². The average molecular weight is 265 g/mol. The molecule has 0 heterocycles. The van der Waals surface area contributed by atoms with Gasteiger partial charge in [0.15, 0.2) is 5.75 Å². The Bertz CT molecular complexity index is 319. The minimum absolute atomic E-state index is 0.00557. The Labute approximate surface area is 106 Å². The van der Waals surface area contributed by atoms with Crippen LogP contribution >= 0.6 is 35.8 Å². The van der Waals surface area contributed by atoms with Gasteiger partial charge in [-0.3, -0.25) is 0 Å². The Morgan fingerprint density at radius 1 is 1.27 bits per heavy atom. The van der Waals surface area contributed by atoms with Crippen LogP contribution in [-0.2, 0) is 0 Å². The second-order valence-electron chi connectivity index (χ2n) is 4.16. The lowest BCUT2D eigenvalue weighted by Crippen LogP contribution is -2.23. The molecule has 0 aliphatic heterocycles. The van der Waals surface area contributed by atoms with Gasteiger partial charge in [-0.1, -0.05) is 43.1 Å². The van der Waals surface area contributed by atoms with Crippen molar-refractivity contribution in [3.8, 4) is 5.75 Å². The third-order valence-electron chi connectivity index (χ3n) is 1.95. The zero-order valence-electron chi connectivity index (χ0n) is 8.76. The van der Waals surface area contributed by atoms with Gasteiger partial charge in [0.25, 0.3) is 0 Å². The molecule has 0 saturated carbocycles. The van der Waals surface area contributed by atoms with Gasteiger partial charge in [-0.25, -0.2) is 0 Å². The number of halogens is 2. The van der Waals surface area contributed by atoms with Crippen molar-refractivity contribution in [3.63, 3.8) is 0 Å². The average Bonchev–Trinajstić information content (AvgIpc) is 2.17. The van der Waals surface area contributed by atoms with E-state index in [2.05, 4.69) is 26.5 Å². The number of benzene rings is 1. The molecule has 15 heavy (non-hydrogen) atoms. The van der Waals surface area contributed by atoms with E-state index in [0.717, 1.165) is 5.75 Å². The summed E-state index contributed by atoms with van der Waals surface area (Å²) < 4.78 is 5.61. The zero-order valence-corrected chi connectivity index (χ0v) is 11.2. The van der Waals surface area contributed by atoms with Gasteiger partial charge < -0.3 is 4.74 Å². The summed E-state index contributed by atoms with van der Waals surface area (Å²) in [6.45, 7) is 4.69. The second kappa shape index (κ2) is 5.33. The number of thiol groups is 1. The third kappa shape index (κ3) is 3.78. The molecule has 1 rings (SSSR count). The van der Waals surface area contributed by atoms with Crippen LogP contribution in [0.15, 0.2) is 18.2 Å². The molecular formula is C11H14Cl2OS. The minimum atomic E-state index is 0.00557. The molecule has 0 aromatic heterocycles. The summed E-state index contributed by atoms with van der Waals surface area (Å²) >= 11 is 16.2. The van der Waals surface area contributed by atoms with Gasteiger partial charge in [-0.2, -0.15) is 12.6 Å². The number of ether oxygens (including phenoxy) is 1. The fraction of sp³-hybridized carbons (Fsp3) is 0.455. The molecule has 0 bridgehead atoms. The molecule has 0 unspecified atom stereocenters. The van der Waals surface area contributed by atoms with E-state index in [1.165, 1.54) is 0 Å². The summed E-state index contributed by atoms with van der Waals surface area (Å²) in [5.41, 5.74) is 0.00557. The van der Waals surface area contributed by atoms with E-state index in [4.69, 9.17) is 27.9 Å². The molecular weight excluding hydrogens is 251 g/mol. The molecule has 0 fully saturated rings. The standard InChI is InChI=1S/C11H14Cl2OS/c1-11(2,7-15)6-14-10-8(12)4-3-5-9(10)13/h3-5,15H,6-7H2,1-2H3. The van der Waals surface area contributed by atoms with Crippen LogP contribution in [0.2, 0.25) is 10.0 Å². The topological polar surface area (TPSA) is 9.23 Å². The molecule has 4 heteroatoms. The first-order valence-electron chi connectivity index (χ1n) is 4.64. The lowest BCUT2D eigenvalue weighted by atomic mass is 9.98. The van der Waals surface area contributed by atoms with Crippen molar-refractivity contribution in [2.24, 2.45) is 5.41 Å². The minimum Gasteiger partial charge on any atom is -0.490 e. The van der Waals surface area contributed by atoms with E-state index in [-0.39, 0.29) is 5.41 Å². The Morgan fingerprint density at radius 2 is 1.80 bits per heavy atom. The summed E-state index contributed by atoms with van der Waals surface area (Å²) in [6, 6.07) is 5.31. The molecule has 1 nitrogen and oxygen atoms in total. The molecule has 0 radical (unpaired) electrons. The molecule has 0 saturated heterocycles. The maximum absolute atomic E-state index is 5.97. The first kappa shape index (κ1) is 13.0. The lowest BCUT2D eigenvalue weighted by molar-refractivity contribution is 0.202. The summed E-state index contributed by atoms with van der Waals surface area (Å²) in [6.07, 6.45) is 0. The Balaban J connectivity index is 2.73. The first-order valence-corrected chi connectivity index (χ1v) is 6.03. The van der Waals surface area contributed by atoms with Crippen LogP contribution in [-0.4, -0.2) is 12.4 Å². The van der Waals surface area contributed by atoms with Crippen molar-refractivity contribution < 1.29 is 4.74 Å². The Kier molecular flexibility index (Phi) is 4.63. The van der Waals surface area contributed by atoms with E-state index in [1.807, 2.05) is 0 Å². The molecule has 0 spiro atoms. The largest absolute Gasteiger partial charge is 0.490 e. The maximum Gasteiger partial charge on any atom is 0.156 e. The Morgan fingerprint density at radius 3 is 2.27 bits per heavy atom. The normalized spacial score (nSPS) is 11.5. The van der Waals surface area contributed by atoms with Gasteiger partial charge in [0.1, 0.15) is 0 Å². The molecule has 0 N–H and O–H groups in total. The van der Waals surface area contributed by atoms with Crippen LogP contribution in [0.4, 0.5) is 0 Å². The summed E-state index contributed by atoms with van der Waals surface area (Å²) in [5, 5.41) is 1.08. The highest BCUT2D eigenvalue weighted by atomic mass is 35.5. The smallest absolute Gasteiger partial charge is 0.156 e. The maximum atomic E-state index is 5.97. The van der Waals surface area contributed by atoms with Gasteiger partial charge in [-0.05, 0) is 17.9 Å². The number of para-hydroxylation sites is 1. The number of hydrogen-bond donors (Lipinski definition) is 1. The second-order valence-corrected chi connectivity index (χ2v) is 5.29. The van der Waals surface area contributed by atoms with Crippen LogP contribution in [0, 0.1) is 5.41 Å².